The Morgan fingerprint density at radius 1 is 1.19 bits per heavy atom. The number of ether oxygens (including phenoxy) is 4. The van der Waals surface area contributed by atoms with Crippen molar-refractivity contribution in [3.05, 3.63) is 39.4 Å². The molecule has 12 nitrogen and oxygen atoms in total. The van der Waals surface area contributed by atoms with E-state index in [0.29, 0.717) is 45.9 Å². The van der Waals surface area contributed by atoms with E-state index < -0.39 is 41.4 Å². The maximum absolute atomic E-state index is 13.2. The molecule has 2 saturated heterocycles. The number of hydrogen-bond acceptors (Lipinski definition) is 12. The van der Waals surface area contributed by atoms with Crippen LogP contribution in [0.4, 0.5) is 0 Å². The molecule has 13 heteroatoms. The second kappa shape index (κ2) is 10.1. The molecule has 3 unspecified atom stereocenters. The minimum absolute atomic E-state index is 0.0285. The average Bonchev–Trinajstić information content (AvgIpc) is 3.46. The zero-order valence-electron chi connectivity index (χ0n) is 24.1. The van der Waals surface area contributed by atoms with Crippen LogP contribution in [0.2, 0.25) is 0 Å². The first kappa shape index (κ1) is 27.9. The van der Waals surface area contributed by atoms with E-state index in [2.05, 4.69) is 21.6 Å². The van der Waals surface area contributed by atoms with E-state index in [1.807, 2.05) is 13.0 Å². The summed E-state index contributed by atoms with van der Waals surface area (Å²) in [6.45, 7) is 4.81. The van der Waals surface area contributed by atoms with Gasteiger partial charge < -0.3 is 39.8 Å². The van der Waals surface area contributed by atoms with Gasteiger partial charge >= 0.3 is 5.97 Å². The summed E-state index contributed by atoms with van der Waals surface area (Å²) >= 11 is 1.38. The molecule has 226 valence electrons. The molecule has 2 aromatic rings. The van der Waals surface area contributed by atoms with Crippen LogP contribution in [0.3, 0.4) is 0 Å². The lowest BCUT2D eigenvalue weighted by Gasteiger charge is -2.58. The molecule has 7 atom stereocenters. The first-order chi connectivity index (χ1) is 20.7. The van der Waals surface area contributed by atoms with Gasteiger partial charge in [0.15, 0.2) is 23.0 Å². The lowest BCUT2D eigenvalue weighted by Crippen LogP contribution is -2.69. The highest BCUT2D eigenvalue weighted by atomic mass is 32.2. The number of phenolic OH excluding ortho intramolecular Hbond substituents is 2. The molecular weight excluding hydrogens is 576 g/mol. The molecule has 7 rings (SSSR count). The van der Waals surface area contributed by atoms with E-state index in [9.17, 15) is 25.1 Å². The Balaban J connectivity index is 1.49. The smallest absolute Gasteiger partial charge is 0.329 e. The fraction of sp³-hybridized carbons (Fsp3) is 0.500. The topological polar surface area (TPSA) is 163 Å². The van der Waals surface area contributed by atoms with Gasteiger partial charge in [0.05, 0.1) is 30.5 Å². The van der Waals surface area contributed by atoms with Crippen molar-refractivity contribution >= 4 is 23.6 Å². The molecule has 0 spiro atoms. The SMILES string of the molecule is COc1c(C)cc2c(c1O)C1NC(C2)[C@H](C#N)N2[C@H]1[C@@H]1SCC(NC(C)=O)C(=O)OC[C@H]2c2c3c(c(C)c(O)c21)OCO3. The first-order valence-corrected chi connectivity index (χ1v) is 15.2. The predicted molar refractivity (Wildman–Crippen MR) is 153 cm³/mol. The van der Waals surface area contributed by atoms with E-state index in [0.717, 1.165) is 11.1 Å². The summed E-state index contributed by atoms with van der Waals surface area (Å²) in [7, 11) is 1.52. The van der Waals surface area contributed by atoms with Crippen molar-refractivity contribution in [2.24, 2.45) is 0 Å². The van der Waals surface area contributed by atoms with Crippen molar-refractivity contribution in [2.75, 3.05) is 26.3 Å². The van der Waals surface area contributed by atoms with Crippen LogP contribution in [0.25, 0.3) is 0 Å². The molecule has 4 N–H and O–H groups in total. The molecule has 0 aliphatic carbocycles. The molecule has 0 saturated carbocycles. The molecule has 1 amide bonds. The Bertz CT molecular complexity index is 1610. The van der Waals surface area contributed by atoms with Gasteiger partial charge in [0.25, 0.3) is 0 Å². The Labute approximate surface area is 252 Å². The van der Waals surface area contributed by atoms with Crippen molar-refractivity contribution in [1.82, 2.24) is 15.5 Å². The van der Waals surface area contributed by atoms with Crippen LogP contribution >= 0.6 is 11.8 Å². The monoisotopic (exact) mass is 608 g/mol. The first-order valence-electron chi connectivity index (χ1n) is 14.2. The zero-order chi connectivity index (χ0) is 30.3. The third-order valence-electron chi connectivity index (χ3n) is 9.31. The largest absolute Gasteiger partial charge is 0.507 e. The Kier molecular flexibility index (Phi) is 6.57. The number of nitriles is 1. The maximum Gasteiger partial charge on any atom is 0.329 e. The van der Waals surface area contributed by atoms with E-state index >= 15 is 0 Å². The van der Waals surface area contributed by atoms with E-state index in [1.165, 1.54) is 25.8 Å². The number of rotatable bonds is 2. The number of fused-ring (bicyclic) bond motifs is 9. The van der Waals surface area contributed by atoms with Gasteiger partial charge in [-0.05, 0) is 31.4 Å². The lowest BCUT2D eigenvalue weighted by atomic mass is 9.72. The van der Waals surface area contributed by atoms with E-state index in [4.69, 9.17) is 18.9 Å². The third kappa shape index (κ3) is 3.96. The van der Waals surface area contributed by atoms with E-state index in [-0.39, 0.29) is 42.6 Å². The molecule has 43 heavy (non-hydrogen) atoms. The second-order valence-electron chi connectivity index (χ2n) is 11.6. The number of nitrogens with zero attached hydrogens (tertiary/aromatic N) is 2. The number of methoxy groups -OCH3 is 1. The second-order valence-corrected chi connectivity index (χ2v) is 12.8. The molecule has 0 aromatic heterocycles. The summed E-state index contributed by atoms with van der Waals surface area (Å²) in [6.07, 6.45) is 0.490. The number of amides is 1. The molecule has 4 bridgehead atoms. The number of hydrogen-bond donors (Lipinski definition) is 4. The molecule has 5 aliphatic heterocycles. The minimum Gasteiger partial charge on any atom is -0.507 e. The van der Waals surface area contributed by atoms with Gasteiger partial charge in [-0.2, -0.15) is 5.26 Å². The van der Waals surface area contributed by atoms with Crippen molar-refractivity contribution in [3.63, 3.8) is 0 Å². The van der Waals surface area contributed by atoms with Crippen molar-refractivity contribution in [1.29, 1.82) is 5.26 Å². The number of cyclic esters (lactones) is 1. The molecule has 5 aliphatic rings. The highest BCUT2D eigenvalue weighted by Crippen LogP contribution is 2.62. The van der Waals surface area contributed by atoms with Crippen LogP contribution < -0.4 is 24.8 Å². The maximum atomic E-state index is 13.2. The molecule has 2 aromatic carbocycles. The van der Waals surface area contributed by atoms with Crippen molar-refractivity contribution in [3.8, 4) is 34.8 Å². The number of esters is 1. The summed E-state index contributed by atoms with van der Waals surface area (Å²) < 4.78 is 23.2. The van der Waals surface area contributed by atoms with Crippen molar-refractivity contribution < 1.29 is 38.7 Å². The number of piperazine rings is 1. The lowest BCUT2D eigenvalue weighted by molar-refractivity contribution is -0.150. The van der Waals surface area contributed by atoms with Crippen LogP contribution in [0.1, 0.15) is 57.6 Å². The third-order valence-corrected chi connectivity index (χ3v) is 10.7. The summed E-state index contributed by atoms with van der Waals surface area (Å²) in [5.74, 6) is 0.559. The van der Waals surface area contributed by atoms with Crippen LogP contribution in [0.15, 0.2) is 6.07 Å². The minimum atomic E-state index is -0.915. The number of carbonyl (C=O) groups is 2. The molecular formula is C30H32N4O8S. The fourth-order valence-corrected chi connectivity index (χ4v) is 9.18. The number of nitrogens with one attached hydrogen (secondary N) is 2. The molecule has 5 heterocycles. The van der Waals surface area contributed by atoms with Gasteiger partial charge in [0.1, 0.15) is 24.4 Å². The highest BCUT2D eigenvalue weighted by Gasteiger charge is 2.58. The van der Waals surface area contributed by atoms with Crippen LogP contribution in [0.5, 0.6) is 28.7 Å². The number of aryl methyl sites for hydroxylation is 1. The summed E-state index contributed by atoms with van der Waals surface area (Å²) in [5.41, 5.74) is 4.17. The van der Waals surface area contributed by atoms with Gasteiger partial charge in [0.2, 0.25) is 12.7 Å². The Morgan fingerprint density at radius 3 is 2.67 bits per heavy atom. The van der Waals surface area contributed by atoms with Gasteiger partial charge in [0, 0.05) is 47.0 Å². The number of phenols is 2. The Hall–Kier alpha value is -3.86. The van der Waals surface area contributed by atoms with Gasteiger partial charge in [-0.1, -0.05) is 6.07 Å². The number of carbonyl (C=O) groups excluding carboxylic acids is 2. The quantitative estimate of drug-likeness (QED) is 0.368. The number of benzene rings is 2. The summed E-state index contributed by atoms with van der Waals surface area (Å²) in [4.78, 5) is 27.3. The van der Waals surface area contributed by atoms with Gasteiger partial charge in [-0.3, -0.25) is 9.69 Å². The fourth-order valence-electron chi connectivity index (χ4n) is 7.66. The Morgan fingerprint density at radius 2 is 1.95 bits per heavy atom. The van der Waals surface area contributed by atoms with Crippen molar-refractivity contribution in [2.45, 2.75) is 68.7 Å². The summed E-state index contributed by atoms with van der Waals surface area (Å²) in [5, 5.41) is 39.8. The van der Waals surface area contributed by atoms with E-state index in [1.54, 1.807) is 6.92 Å². The molecule has 2 fully saturated rings. The van der Waals surface area contributed by atoms with Crippen LogP contribution in [-0.4, -0.2) is 77.4 Å². The normalized spacial score (nSPS) is 30.3. The zero-order valence-corrected chi connectivity index (χ0v) is 24.9. The van der Waals surface area contributed by atoms with Gasteiger partial charge in [-0.15, -0.1) is 11.8 Å². The predicted octanol–water partition coefficient (Wildman–Crippen LogP) is 2.17. The van der Waals surface area contributed by atoms with Gasteiger partial charge in [-0.25, -0.2) is 4.79 Å². The number of aromatic hydroxyl groups is 2. The van der Waals surface area contributed by atoms with Crippen LogP contribution in [-0.2, 0) is 20.7 Å². The van der Waals surface area contributed by atoms with Crippen LogP contribution in [0, 0.1) is 25.2 Å². The standard InChI is InChI=1S/C30H32N4O8S/c1-11-5-14-6-15-17(7-31)34-18-8-40-30(38)16(32-13(3)35)9-43-29(23(34)22(33-15)19(14)25(37)26(11)39-4)21-20(18)28-27(41-10-42-28)12(2)24(21)36/h5,15-18,22-23,29,33,36-37H,6,8-10H2,1-4H3,(H,32,35)/t15?,16?,17-,18-,22?,23+,29+/m0/s1. The highest BCUT2D eigenvalue weighted by molar-refractivity contribution is 7.99. The number of thioether (sulfide) groups is 1. The summed E-state index contributed by atoms with van der Waals surface area (Å²) in [6, 6.07) is 1.02. The average molecular weight is 609 g/mol. The molecule has 0 radical (unpaired) electrons.